The first kappa shape index (κ1) is 13.5. The lowest BCUT2D eigenvalue weighted by Gasteiger charge is -2.22. The Kier molecular flexibility index (Phi) is 3.08. The molecule has 0 saturated carbocycles. The molecule has 1 aliphatic rings. The van der Waals surface area contributed by atoms with Gasteiger partial charge in [-0.25, -0.2) is 0 Å². The molecule has 114 valence electrons. The predicted molar refractivity (Wildman–Crippen MR) is 87.7 cm³/mol. The van der Waals surface area contributed by atoms with E-state index in [0.29, 0.717) is 12.1 Å². The van der Waals surface area contributed by atoms with Crippen molar-refractivity contribution in [3.63, 3.8) is 0 Å². The molecule has 0 atom stereocenters. The smallest absolute Gasteiger partial charge is 0.258 e. The molecule has 0 spiro atoms. The Bertz CT molecular complexity index is 872. The van der Waals surface area contributed by atoms with E-state index in [0.717, 1.165) is 22.8 Å². The first-order valence-electron chi connectivity index (χ1n) is 7.33. The SMILES string of the molecule is Cn1ncc2c1Nc1ccccc1N(C(=O)c1ccncc1)C2. The Labute approximate surface area is 133 Å². The fraction of sp³-hybridized carbons (Fsp3) is 0.118. The van der Waals surface area contributed by atoms with Crippen LogP contribution in [0, 0.1) is 0 Å². The number of hydrogen-bond donors (Lipinski definition) is 1. The molecule has 0 bridgehead atoms. The molecule has 2 aromatic heterocycles. The monoisotopic (exact) mass is 305 g/mol. The first-order chi connectivity index (χ1) is 11.2. The van der Waals surface area contributed by atoms with Crippen LogP contribution in [0.5, 0.6) is 0 Å². The molecule has 1 aromatic carbocycles. The maximum absolute atomic E-state index is 13.0. The summed E-state index contributed by atoms with van der Waals surface area (Å²) in [5, 5.41) is 7.67. The molecule has 1 N–H and O–H groups in total. The summed E-state index contributed by atoms with van der Waals surface area (Å²) in [4.78, 5) is 18.7. The summed E-state index contributed by atoms with van der Waals surface area (Å²) in [5.41, 5.74) is 3.33. The van der Waals surface area contributed by atoms with Crippen molar-refractivity contribution in [1.82, 2.24) is 14.8 Å². The van der Waals surface area contributed by atoms with Gasteiger partial charge in [-0.1, -0.05) is 12.1 Å². The number of benzene rings is 1. The molecular formula is C17H15N5O. The fourth-order valence-electron chi connectivity index (χ4n) is 2.79. The molecule has 1 aliphatic heterocycles. The fourth-order valence-corrected chi connectivity index (χ4v) is 2.79. The highest BCUT2D eigenvalue weighted by Crippen LogP contribution is 2.35. The standard InChI is InChI=1S/C17H15N5O/c1-21-16-13(10-19-21)11-22(15-5-3-2-4-14(15)20-16)17(23)12-6-8-18-9-7-12/h2-10,20H,11H2,1H3. The van der Waals surface area contributed by atoms with Crippen LogP contribution in [-0.2, 0) is 13.6 Å². The Hall–Kier alpha value is -3.15. The number of nitrogens with zero attached hydrogens (tertiary/aromatic N) is 4. The molecule has 0 radical (unpaired) electrons. The van der Waals surface area contributed by atoms with Crippen LogP contribution in [0.25, 0.3) is 0 Å². The van der Waals surface area contributed by atoms with Crippen molar-refractivity contribution in [1.29, 1.82) is 0 Å². The lowest BCUT2D eigenvalue weighted by atomic mass is 10.2. The van der Waals surface area contributed by atoms with Crippen LogP contribution in [-0.4, -0.2) is 20.7 Å². The third-order valence-corrected chi connectivity index (χ3v) is 3.96. The number of nitrogens with one attached hydrogen (secondary N) is 1. The Balaban J connectivity index is 1.84. The average Bonchev–Trinajstić information content (AvgIpc) is 2.84. The Morgan fingerprint density at radius 1 is 1.17 bits per heavy atom. The molecule has 6 nitrogen and oxygen atoms in total. The van der Waals surface area contributed by atoms with Crippen molar-refractivity contribution < 1.29 is 4.79 Å². The van der Waals surface area contributed by atoms with Crippen LogP contribution in [0.1, 0.15) is 15.9 Å². The topological polar surface area (TPSA) is 63.1 Å². The van der Waals surface area contributed by atoms with E-state index < -0.39 is 0 Å². The minimum Gasteiger partial charge on any atom is -0.338 e. The van der Waals surface area contributed by atoms with Crippen LogP contribution in [0.3, 0.4) is 0 Å². The Morgan fingerprint density at radius 2 is 1.96 bits per heavy atom. The average molecular weight is 305 g/mol. The van der Waals surface area contributed by atoms with E-state index in [1.165, 1.54) is 0 Å². The van der Waals surface area contributed by atoms with Crippen LogP contribution in [0.4, 0.5) is 17.2 Å². The quantitative estimate of drug-likeness (QED) is 0.751. The van der Waals surface area contributed by atoms with Gasteiger partial charge in [-0.3, -0.25) is 14.5 Å². The number of para-hydroxylation sites is 2. The maximum Gasteiger partial charge on any atom is 0.258 e. The highest BCUT2D eigenvalue weighted by Gasteiger charge is 2.26. The van der Waals surface area contributed by atoms with Gasteiger partial charge in [-0.15, -0.1) is 0 Å². The number of carbonyl (C=O) groups is 1. The zero-order chi connectivity index (χ0) is 15.8. The number of amides is 1. The molecule has 0 saturated heterocycles. The molecule has 4 rings (SSSR count). The number of fused-ring (bicyclic) bond motifs is 2. The van der Waals surface area contributed by atoms with Crippen molar-refractivity contribution in [2.24, 2.45) is 7.05 Å². The van der Waals surface area contributed by atoms with Gasteiger partial charge in [0.25, 0.3) is 5.91 Å². The highest BCUT2D eigenvalue weighted by atomic mass is 16.2. The van der Waals surface area contributed by atoms with E-state index in [2.05, 4.69) is 15.4 Å². The van der Waals surface area contributed by atoms with Gasteiger partial charge in [-0.2, -0.15) is 5.10 Å². The molecule has 0 fully saturated rings. The number of pyridine rings is 1. The largest absolute Gasteiger partial charge is 0.338 e. The normalized spacial score (nSPS) is 12.8. The second kappa shape index (κ2) is 5.24. The van der Waals surface area contributed by atoms with E-state index in [1.807, 2.05) is 31.3 Å². The number of hydrogen-bond acceptors (Lipinski definition) is 4. The summed E-state index contributed by atoms with van der Waals surface area (Å²) >= 11 is 0. The molecule has 0 aliphatic carbocycles. The molecular weight excluding hydrogens is 290 g/mol. The van der Waals surface area contributed by atoms with Gasteiger partial charge < -0.3 is 10.2 Å². The van der Waals surface area contributed by atoms with Crippen molar-refractivity contribution in [2.45, 2.75) is 6.54 Å². The minimum atomic E-state index is -0.0571. The lowest BCUT2D eigenvalue weighted by Crippen LogP contribution is -2.29. The summed E-state index contributed by atoms with van der Waals surface area (Å²) in [6.07, 6.45) is 5.05. The second-order valence-corrected chi connectivity index (χ2v) is 5.41. The molecule has 0 unspecified atom stereocenters. The van der Waals surface area contributed by atoms with Crippen LogP contribution < -0.4 is 10.2 Å². The zero-order valence-corrected chi connectivity index (χ0v) is 12.6. The van der Waals surface area contributed by atoms with E-state index in [4.69, 9.17) is 0 Å². The van der Waals surface area contributed by atoms with Crippen molar-refractivity contribution in [3.05, 3.63) is 66.1 Å². The summed E-state index contributed by atoms with van der Waals surface area (Å²) in [5.74, 6) is 0.848. The van der Waals surface area contributed by atoms with Gasteiger partial charge in [0.05, 0.1) is 24.1 Å². The molecule has 1 amide bonds. The van der Waals surface area contributed by atoms with Crippen molar-refractivity contribution in [3.8, 4) is 0 Å². The zero-order valence-electron chi connectivity index (χ0n) is 12.6. The van der Waals surface area contributed by atoms with Gasteiger partial charge >= 0.3 is 0 Å². The molecule has 23 heavy (non-hydrogen) atoms. The number of rotatable bonds is 1. The summed E-state index contributed by atoms with van der Waals surface area (Å²) in [6.45, 7) is 0.467. The van der Waals surface area contributed by atoms with E-state index in [1.54, 1.807) is 40.3 Å². The van der Waals surface area contributed by atoms with Crippen LogP contribution in [0.2, 0.25) is 0 Å². The Morgan fingerprint density at radius 3 is 2.78 bits per heavy atom. The number of aromatic nitrogens is 3. The van der Waals surface area contributed by atoms with Crippen LogP contribution >= 0.6 is 0 Å². The second-order valence-electron chi connectivity index (χ2n) is 5.41. The summed E-state index contributed by atoms with van der Waals surface area (Å²) < 4.78 is 1.78. The molecule has 6 heteroatoms. The van der Waals surface area contributed by atoms with Gasteiger partial charge in [0.2, 0.25) is 0 Å². The van der Waals surface area contributed by atoms with Crippen molar-refractivity contribution >= 4 is 23.1 Å². The first-order valence-corrected chi connectivity index (χ1v) is 7.33. The number of anilines is 3. The van der Waals surface area contributed by atoms with E-state index in [9.17, 15) is 4.79 Å². The van der Waals surface area contributed by atoms with Gasteiger partial charge in [0.15, 0.2) is 0 Å². The predicted octanol–water partition coefficient (Wildman–Crippen LogP) is 2.72. The van der Waals surface area contributed by atoms with Gasteiger partial charge in [0.1, 0.15) is 5.82 Å². The van der Waals surface area contributed by atoms with E-state index >= 15 is 0 Å². The maximum atomic E-state index is 13.0. The third-order valence-electron chi connectivity index (χ3n) is 3.96. The summed E-state index contributed by atoms with van der Waals surface area (Å²) in [7, 11) is 1.88. The van der Waals surface area contributed by atoms with Crippen LogP contribution in [0.15, 0.2) is 55.0 Å². The third kappa shape index (κ3) is 2.24. The molecule has 3 aromatic rings. The van der Waals surface area contributed by atoms with Gasteiger partial charge in [0, 0.05) is 30.6 Å². The highest BCUT2D eigenvalue weighted by molar-refractivity contribution is 6.08. The van der Waals surface area contributed by atoms with E-state index in [-0.39, 0.29) is 5.91 Å². The molecule has 3 heterocycles. The lowest BCUT2D eigenvalue weighted by molar-refractivity contribution is 0.0985. The minimum absolute atomic E-state index is 0.0571. The number of carbonyl (C=O) groups excluding carboxylic acids is 1. The summed E-state index contributed by atoms with van der Waals surface area (Å²) in [6, 6.07) is 11.2. The number of aryl methyl sites for hydroxylation is 1. The van der Waals surface area contributed by atoms with Gasteiger partial charge in [-0.05, 0) is 24.3 Å². The van der Waals surface area contributed by atoms with Crippen molar-refractivity contribution in [2.75, 3.05) is 10.2 Å².